The number of hydrogen-bond donors (Lipinski definition) is 4. The number of aliphatic hydroxyl groups is 2. The fraction of sp³-hybridized carbons (Fsp3) is 0.300. The standard InChI is InChI=1S/C20H21FN6O4/c1-31-20(30)15(9-28)26-16(29)3-5-27-4-2-12-17(24-10-25-19(12)27)14-8-23-18-13(14)6-11(21)7-22-18/h2,4,6-8,10,15-16,26,28-29H,3,5,9H2,1H3,(H,22,23)/t15-,16?/m0/s1. The van der Waals surface area contributed by atoms with Crippen molar-refractivity contribution in [2.45, 2.75) is 25.2 Å². The van der Waals surface area contributed by atoms with Gasteiger partial charge in [-0.3, -0.25) is 10.1 Å². The zero-order valence-electron chi connectivity index (χ0n) is 16.6. The molecule has 4 aromatic heterocycles. The van der Waals surface area contributed by atoms with E-state index < -0.39 is 30.7 Å². The Balaban J connectivity index is 1.56. The van der Waals surface area contributed by atoms with E-state index in [1.54, 1.807) is 6.20 Å². The van der Waals surface area contributed by atoms with Crippen LogP contribution >= 0.6 is 0 Å². The molecule has 0 aromatic carbocycles. The molecule has 11 heteroatoms. The Morgan fingerprint density at radius 1 is 1.35 bits per heavy atom. The maximum Gasteiger partial charge on any atom is 0.325 e. The van der Waals surface area contributed by atoms with Crippen LogP contribution in [-0.4, -0.2) is 66.7 Å². The van der Waals surface area contributed by atoms with Gasteiger partial charge in [0.1, 0.15) is 35.7 Å². The number of nitrogens with one attached hydrogen (secondary N) is 2. The van der Waals surface area contributed by atoms with Crippen molar-refractivity contribution in [2.24, 2.45) is 0 Å². The number of H-pyrrole nitrogens is 1. The van der Waals surface area contributed by atoms with Gasteiger partial charge in [0.15, 0.2) is 0 Å². The number of aryl methyl sites for hydroxylation is 1. The summed E-state index contributed by atoms with van der Waals surface area (Å²) in [5.41, 5.74) is 2.54. The molecular weight excluding hydrogens is 407 g/mol. The van der Waals surface area contributed by atoms with E-state index in [1.165, 1.54) is 19.5 Å². The molecule has 0 amide bonds. The predicted octanol–water partition coefficient (Wildman–Crippen LogP) is 0.946. The van der Waals surface area contributed by atoms with Crippen molar-refractivity contribution in [3.05, 3.63) is 42.9 Å². The van der Waals surface area contributed by atoms with Crippen LogP contribution in [0.1, 0.15) is 6.42 Å². The smallest absolute Gasteiger partial charge is 0.325 e. The monoisotopic (exact) mass is 428 g/mol. The van der Waals surface area contributed by atoms with Gasteiger partial charge >= 0.3 is 5.97 Å². The summed E-state index contributed by atoms with van der Waals surface area (Å²) in [6, 6.07) is 2.24. The van der Waals surface area contributed by atoms with Gasteiger partial charge in [0.05, 0.1) is 25.6 Å². The number of hydrogen-bond acceptors (Lipinski definition) is 8. The van der Waals surface area contributed by atoms with Gasteiger partial charge in [-0.15, -0.1) is 0 Å². The molecule has 0 bridgehead atoms. The number of aliphatic hydroxyl groups excluding tert-OH is 2. The number of pyridine rings is 1. The van der Waals surface area contributed by atoms with E-state index in [4.69, 9.17) is 0 Å². The minimum Gasteiger partial charge on any atom is -0.468 e. The topological polar surface area (TPSA) is 138 Å². The van der Waals surface area contributed by atoms with Gasteiger partial charge in [-0.05, 0) is 12.1 Å². The zero-order chi connectivity index (χ0) is 22.0. The van der Waals surface area contributed by atoms with E-state index >= 15 is 0 Å². The summed E-state index contributed by atoms with van der Waals surface area (Å²) in [6.45, 7) is -0.107. The lowest BCUT2D eigenvalue weighted by Crippen LogP contribution is -2.46. The van der Waals surface area contributed by atoms with E-state index in [1.807, 2.05) is 16.8 Å². The Morgan fingerprint density at radius 3 is 2.97 bits per heavy atom. The Hall–Kier alpha value is -3.41. The average molecular weight is 428 g/mol. The van der Waals surface area contributed by atoms with Crippen LogP contribution in [0.15, 0.2) is 37.1 Å². The van der Waals surface area contributed by atoms with Crippen LogP contribution in [0.4, 0.5) is 4.39 Å². The molecule has 4 heterocycles. The van der Waals surface area contributed by atoms with Crippen LogP contribution in [-0.2, 0) is 16.1 Å². The quantitative estimate of drug-likeness (QED) is 0.240. The molecule has 0 aliphatic rings. The van der Waals surface area contributed by atoms with E-state index in [9.17, 15) is 19.4 Å². The van der Waals surface area contributed by atoms with Crippen molar-refractivity contribution >= 4 is 28.0 Å². The molecule has 2 atom stereocenters. The summed E-state index contributed by atoms with van der Waals surface area (Å²) in [5, 5.41) is 23.5. The third-order valence-electron chi connectivity index (χ3n) is 5.01. The lowest BCUT2D eigenvalue weighted by Gasteiger charge is -2.19. The summed E-state index contributed by atoms with van der Waals surface area (Å²) in [7, 11) is 1.21. The maximum atomic E-state index is 13.7. The van der Waals surface area contributed by atoms with Gasteiger partial charge in [-0.1, -0.05) is 0 Å². The fourth-order valence-corrected chi connectivity index (χ4v) is 3.49. The highest BCUT2D eigenvalue weighted by Gasteiger charge is 2.21. The summed E-state index contributed by atoms with van der Waals surface area (Å²) in [5.74, 6) is -1.10. The second-order valence-corrected chi connectivity index (χ2v) is 6.95. The van der Waals surface area contributed by atoms with Crippen LogP contribution in [0.25, 0.3) is 33.3 Å². The summed E-state index contributed by atoms with van der Waals surface area (Å²) in [6.07, 6.45) is 5.32. The average Bonchev–Trinajstić information content (AvgIpc) is 3.39. The highest BCUT2D eigenvalue weighted by atomic mass is 19.1. The molecule has 1 unspecified atom stereocenters. The van der Waals surface area contributed by atoms with Gasteiger partial charge in [-0.25, -0.2) is 19.3 Å². The van der Waals surface area contributed by atoms with E-state index in [2.05, 4.69) is 30.0 Å². The lowest BCUT2D eigenvalue weighted by atomic mass is 10.1. The Kier molecular flexibility index (Phi) is 5.89. The minimum absolute atomic E-state index is 0.249. The number of ether oxygens (including phenoxy) is 1. The number of esters is 1. The maximum absolute atomic E-state index is 13.7. The van der Waals surface area contributed by atoms with Crippen LogP contribution in [0.2, 0.25) is 0 Å². The first-order valence-corrected chi connectivity index (χ1v) is 9.57. The highest BCUT2D eigenvalue weighted by molar-refractivity contribution is 6.00. The second-order valence-electron chi connectivity index (χ2n) is 6.95. The first-order valence-electron chi connectivity index (χ1n) is 9.57. The number of carbonyl (C=O) groups excluding carboxylic acids is 1. The molecule has 31 heavy (non-hydrogen) atoms. The molecule has 4 aromatic rings. The van der Waals surface area contributed by atoms with Crippen LogP contribution in [0.5, 0.6) is 0 Å². The first-order chi connectivity index (χ1) is 15.0. The van der Waals surface area contributed by atoms with E-state index in [-0.39, 0.29) is 6.42 Å². The predicted molar refractivity (Wildman–Crippen MR) is 109 cm³/mol. The van der Waals surface area contributed by atoms with Crippen molar-refractivity contribution in [2.75, 3.05) is 13.7 Å². The molecule has 0 saturated carbocycles. The number of aromatic nitrogens is 5. The number of carbonyl (C=O) groups is 1. The highest BCUT2D eigenvalue weighted by Crippen LogP contribution is 2.31. The Morgan fingerprint density at radius 2 is 2.19 bits per heavy atom. The van der Waals surface area contributed by atoms with Crippen LogP contribution < -0.4 is 5.32 Å². The SMILES string of the molecule is COC(=O)[C@H](CO)NC(O)CCn1ccc2c(-c3c[nH]c4ncc(F)cc34)ncnc21. The second kappa shape index (κ2) is 8.76. The molecule has 0 aliphatic heterocycles. The fourth-order valence-electron chi connectivity index (χ4n) is 3.49. The third-order valence-corrected chi connectivity index (χ3v) is 5.01. The van der Waals surface area contributed by atoms with Crippen LogP contribution in [0, 0.1) is 5.82 Å². The molecule has 0 radical (unpaired) electrons. The van der Waals surface area contributed by atoms with Crippen molar-refractivity contribution in [3.63, 3.8) is 0 Å². The molecule has 4 rings (SSSR count). The number of nitrogens with zero attached hydrogens (tertiary/aromatic N) is 4. The number of rotatable bonds is 8. The van der Waals surface area contributed by atoms with Crippen molar-refractivity contribution in [3.8, 4) is 11.3 Å². The van der Waals surface area contributed by atoms with Crippen molar-refractivity contribution in [1.82, 2.24) is 29.8 Å². The normalized spacial score (nSPS) is 13.5. The summed E-state index contributed by atoms with van der Waals surface area (Å²) >= 11 is 0. The zero-order valence-corrected chi connectivity index (χ0v) is 16.6. The lowest BCUT2D eigenvalue weighted by molar-refractivity contribution is -0.145. The van der Waals surface area contributed by atoms with E-state index in [0.717, 1.165) is 11.6 Å². The molecule has 0 fully saturated rings. The van der Waals surface area contributed by atoms with Gasteiger partial charge in [0, 0.05) is 41.7 Å². The van der Waals surface area contributed by atoms with Crippen molar-refractivity contribution in [1.29, 1.82) is 0 Å². The molecule has 0 aliphatic carbocycles. The van der Waals surface area contributed by atoms with Crippen molar-refractivity contribution < 1.29 is 24.1 Å². The van der Waals surface area contributed by atoms with E-state index in [0.29, 0.717) is 34.5 Å². The number of methoxy groups -OCH3 is 1. The first kappa shape index (κ1) is 20.8. The third kappa shape index (κ3) is 4.10. The number of fused-ring (bicyclic) bond motifs is 2. The Labute approximate surface area is 175 Å². The summed E-state index contributed by atoms with van der Waals surface area (Å²) < 4.78 is 20.1. The van der Waals surface area contributed by atoms with Gasteiger partial charge < -0.3 is 24.5 Å². The number of halogens is 1. The largest absolute Gasteiger partial charge is 0.468 e. The minimum atomic E-state index is -1.04. The molecular formula is C20H21FN6O4. The summed E-state index contributed by atoms with van der Waals surface area (Å²) in [4.78, 5) is 27.3. The molecule has 4 N–H and O–H groups in total. The van der Waals surface area contributed by atoms with Crippen LogP contribution in [0.3, 0.4) is 0 Å². The number of aromatic amines is 1. The molecule has 10 nitrogen and oxygen atoms in total. The molecule has 0 saturated heterocycles. The Bertz CT molecular complexity index is 1220. The van der Waals surface area contributed by atoms with Gasteiger partial charge in [-0.2, -0.15) is 0 Å². The molecule has 162 valence electrons. The van der Waals surface area contributed by atoms with Gasteiger partial charge in [0.25, 0.3) is 0 Å². The van der Waals surface area contributed by atoms with Gasteiger partial charge in [0.2, 0.25) is 0 Å². The molecule has 0 spiro atoms.